The Morgan fingerprint density at radius 2 is 1.84 bits per heavy atom. The Labute approximate surface area is 112 Å². The van der Waals surface area contributed by atoms with Crippen molar-refractivity contribution in [1.82, 2.24) is 0 Å². The Morgan fingerprint density at radius 3 is 2.63 bits per heavy atom. The molecule has 0 aromatic heterocycles. The Balaban J connectivity index is 1.77. The summed E-state index contributed by atoms with van der Waals surface area (Å²) in [5.74, 6) is 1.26. The molecular formula is C15H16FNO2. The molecule has 0 amide bonds. The molecule has 0 fully saturated rings. The summed E-state index contributed by atoms with van der Waals surface area (Å²) in [5.41, 5.74) is 0.745. The Bertz CT molecular complexity index is 531. The zero-order chi connectivity index (χ0) is 13.5. The highest BCUT2D eigenvalue weighted by atomic mass is 19.1. The lowest BCUT2D eigenvalue weighted by Gasteiger charge is -2.09. The van der Waals surface area contributed by atoms with Crippen molar-refractivity contribution in [1.29, 1.82) is 0 Å². The molecule has 100 valence electrons. The van der Waals surface area contributed by atoms with Crippen LogP contribution in [0.4, 0.5) is 10.1 Å². The van der Waals surface area contributed by atoms with E-state index in [1.807, 2.05) is 30.3 Å². The Morgan fingerprint density at radius 1 is 1.05 bits per heavy atom. The van der Waals surface area contributed by atoms with Crippen molar-refractivity contribution in [2.75, 3.05) is 25.6 Å². The molecule has 0 atom stereocenters. The van der Waals surface area contributed by atoms with Crippen molar-refractivity contribution in [3.8, 4) is 11.5 Å². The topological polar surface area (TPSA) is 30.5 Å². The predicted molar refractivity (Wildman–Crippen MR) is 73.4 cm³/mol. The van der Waals surface area contributed by atoms with Crippen LogP contribution in [-0.4, -0.2) is 20.3 Å². The van der Waals surface area contributed by atoms with Gasteiger partial charge in [0.2, 0.25) is 0 Å². The lowest BCUT2D eigenvalue weighted by atomic mass is 10.3. The highest BCUT2D eigenvalue weighted by Gasteiger charge is 1.97. The first-order chi connectivity index (χ1) is 9.28. The van der Waals surface area contributed by atoms with E-state index in [0.29, 0.717) is 13.2 Å². The summed E-state index contributed by atoms with van der Waals surface area (Å²) in [5, 5.41) is 3.09. The minimum absolute atomic E-state index is 0.251. The van der Waals surface area contributed by atoms with Gasteiger partial charge in [0.15, 0.2) is 0 Å². The summed E-state index contributed by atoms with van der Waals surface area (Å²) in [6.45, 7) is 1.09. The second-order valence-electron chi connectivity index (χ2n) is 3.96. The number of hydrogen-bond acceptors (Lipinski definition) is 3. The summed E-state index contributed by atoms with van der Waals surface area (Å²) in [7, 11) is 1.62. The van der Waals surface area contributed by atoms with Gasteiger partial charge in [-0.25, -0.2) is 4.39 Å². The van der Waals surface area contributed by atoms with Gasteiger partial charge in [0.1, 0.15) is 23.9 Å². The molecule has 0 bridgehead atoms. The van der Waals surface area contributed by atoms with Crippen molar-refractivity contribution in [3.63, 3.8) is 0 Å². The maximum Gasteiger partial charge on any atom is 0.125 e. The molecule has 2 aromatic rings. The molecule has 3 nitrogen and oxygen atoms in total. The van der Waals surface area contributed by atoms with Crippen molar-refractivity contribution in [2.24, 2.45) is 0 Å². The maximum absolute atomic E-state index is 12.9. The Kier molecular flexibility index (Phi) is 4.61. The van der Waals surface area contributed by atoms with E-state index in [-0.39, 0.29) is 5.82 Å². The van der Waals surface area contributed by atoms with Gasteiger partial charge in [0.25, 0.3) is 0 Å². The van der Waals surface area contributed by atoms with Crippen molar-refractivity contribution in [2.45, 2.75) is 0 Å². The first-order valence-corrected chi connectivity index (χ1v) is 6.04. The minimum atomic E-state index is -0.251. The fourth-order valence-electron chi connectivity index (χ4n) is 1.65. The number of nitrogens with one attached hydrogen (secondary N) is 1. The molecule has 2 rings (SSSR count). The van der Waals surface area contributed by atoms with Crippen LogP contribution in [-0.2, 0) is 0 Å². The zero-order valence-electron chi connectivity index (χ0n) is 10.7. The largest absolute Gasteiger partial charge is 0.497 e. The van der Waals surface area contributed by atoms with E-state index in [1.54, 1.807) is 13.2 Å². The first-order valence-electron chi connectivity index (χ1n) is 6.04. The smallest absolute Gasteiger partial charge is 0.125 e. The van der Waals surface area contributed by atoms with Gasteiger partial charge < -0.3 is 14.8 Å². The van der Waals surface area contributed by atoms with Crippen LogP contribution in [0.5, 0.6) is 11.5 Å². The molecule has 1 N–H and O–H groups in total. The van der Waals surface area contributed by atoms with Gasteiger partial charge in [-0.05, 0) is 30.3 Å². The van der Waals surface area contributed by atoms with Gasteiger partial charge >= 0.3 is 0 Å². The molecule has 0 unspecified atom stereocenters. The van der Waals surface area contributed by atoms with Crippen LogP contribution in [0, 0.1) is 5.82 Å². The highest BCUT2D eigenvalue weighted by molar-refractivity contribution is 5.43. The summed E-state index contributed by atoms with van der Waals surface area (Å²) in [4.78, 5) is 0. The molecule has 0 saturated carbocycles. The van der Waals surface area contributed by atoms with E-state index in [1.165, 1.54) is 12.1 Å². The van der Waals surface area contributed by atoms with Gasteiger partial charge in [0, 0.05) is 18.3 Å². The van der Waals surface area contributed by atoms with Crippen LogP contribution >= 0.6 is 0 Å². The lowest BCUT2D eigenvalue weighted by Crippen LogP contribution is -2.11. The van der Waals surface area contributed by atoms with E-state index in [9.17, 15) is 4.39 Å². The van der Waals surface area contributed by atoms with Crippen LogP contribution in [0.2, 0.25) is 0 Å². The second kappa shape index (κ2) is 6.64. The van der Waals surface area contributed by atoms with Crippen molar-refractivity contribution >= 4 is 5.69 Å². The van der Waals surface area contributed by atoms with E-state index in [4.69, 9.17) is 9.47 Å². The van der Waals surface area contributed by atoms with Gasteiger partial charge in [0.05, 0.1) is 7.11 Å². The number of methoxy groups -OCH3 is 1. The first kappa shape index (κ1) is 13.2. The maximum atomic E-state index is 12.9. The third-order valence-corrected chi connectivity index (χ3v) is 2.57. The van der Waals surface area contributed by atoms with Gasteiger partial charge in [-0.3, -0.25) is 0 Å². The fraction of sp³-hybridized carbons (Fsp3) is 0.200. The average Bonchev–Trinajstić information content (AvgIpc) is 2.44. The molecule has 0 radical (unpaired) electrons. The fourth-order valence-corrected chi connectivity index (χ4v) is 1.65. The monoisotopic (exact) mass is 261 g/mol. The molecule has 0 aliphatic heterocycles. The molecule has 0 spiro atoms. The SMILES string of the molecule is COc1cccc(OCCNc2cccc(F)c2)c1. The highest BCUT2D eigenvalue weighted by Crippen LogP contribution is 2.18. The Hall–Kier alpha value is -2.23. The molecule has 0 aliphatic rings. The van der Waals surface area contributed by atoms with Gasteiger partial charge in [-0.2, -0.15) is 0 Å². The number of anilines is 1. The average molecular weight is 261 g/mol. The van der Waals surface area contributed by atoms with Gasteiger partial charge in [-0.1, -0.05) is 12.1 Å². The molecule has 0 aliphatic carbocycles. The van der Waals surface area contributed by atoms with E-state index in [2.05, 4.69) is 5.32 Å². The normalized spacial score (nSPS) is 10.0. The lowest BCUT2D eigenvalue weighted by molar-refractivity contribution is 0.329. The standard InChI is InChI=1S/C15H16FNO2/c1-18-14-6-3-7-15(11-14)19-9-8-17-13-5-2-4-12(16)10-13/h2-7,10-11,17H,8-9H2,1H3. The molecule has 0 saturated heterocycles. The van der Waals surface area contributed by atoms with Crippen molar-refractivity contribution < 1.29 is 13.9 Å². The number of rotatable bonds is 6. The van der Waals surface area contributed by atoms with Crippen LogP contribution in [0.25, 0.3) is 0 Å². The molecule has 2 aromatic carbocycles. The van der Waals surface area contributed by atoms with E-state index < -0.39 is 0 Å². The molecule has 19 heavy (non-hydrogen) atoms. The van der Waals surface area contributed by atoms with Crippen LogP contribution in [0.3, 0.4) is 0 Å². The summed E-state index contributed by atoms with van der Waals surface area (Å²) < 4.78 is 23.6. The third-order valence-electron chi connectivity index (χ3n) is 2.57. The van der Waals surface area contributed by atoms with Crippen molar-refractivity contribution in [3.05, 3.63) is 54.3 Å². The number of hydrogen-bond donors (Lipinski definition) is 1. The second-order valence-corrected chi connectivity index (χ2v) is 3.96. The number of benzene rings is 2. The molecular weight excluding hydrogens is 245 g/mol. The number of ether oxygens (including phenoxy) is 2. The summed E-state index contributed by atoms with van der Waals surface area (Å²) in [6.07, 6.45) is 0. The zero-order valence-corrected chi connectivity index (χ0v) is 10.7. The van der Waals surface area contributed by atoms with Crippen LogP contribution in [0.15, 0.2) is 48.5 Å². The quantitative estimate of drug-likeness (QED) is 0.809. The third kappa shape index (κ3) is 4.17. The summed E-state index contributed by atoms with van der Waals surface area (Å²) in [6, 6.07) is 13.8. The summed E-state index contributed by atoms with van der Waals surface area (Å²) >= 11 is 0. The van der Waals surface area contributed by atoms with Gasteiger partial charge in [-0.15, -0.1) is 0 Å². The molecule has 0 heterocycles. The molecule has 4 heteroatoms. The number of halogens is 1. The predicted octanol–water partition coefficient (Wildman–Crippen LogP) is 3.33. The van der Waals surface area contributed by atoms with Crippen LogP contribution < -0.4 is 14.8 Å². The minimum Gasteiger partial charge on any atom is -0.497 e. The van der Waals surface area contributed by atoms with E-state index in [0.717, 1.165) is 17.2 Å². The van der Waals surface area contributed by atoms with E-state index >= 15 is 0 Å². The van der Waals surface area contributed by atoms with Crippen LogP contribution in [0.1, 0.15) is 0 Å².